The van der Waals surface area contributed by atoms with Crippen molar-refractivity contribution in [2.24, 2.45) is 0 Å². The lowest BCUT2D eigenvalue weighted by Gasteiger charge is -2.29. The Kier molecular flexibility index (Phi) is 5.91. The van der Waals surface area contributed by atoms with E-state index < -0.39 is 0 Å². The van der Waals surface area contributed by atoms with Gasteiger partial charge in [-0.1, -0.05) is 0 Å². The molecule has 0 unspecified atom stereocenters. The lowest BCUT2D eigenvalue weighted by molar-refractivity contribution is -0.00157. The van der Waals surface area contributed by atoms with Crippen LogP contribution in [0.4, 0.5) is 5.95 Å². The molecule has 2 N–H and O–H groups in total. The predicted molar refractivity (Wildman–Crippen MR) is 122 cm³/mol. The molecule has 0 spiro atoms. The van der Waals surface area contributed by atoms with E-state index in [1.165, 1.54) is 0 Å². The molecule has 0 atom stereocenters. The molecule has 9 heteroatoms. The van der Waals surface area contributed by atoms with E-state index in [2.05, 4.69) is 26.4 Å². The summed E-state index contributed by atoms with van der Waals surface area (Å²) in [5.41, 5.74) is 3.83. The highest BCUT2D eigenvalue weighted by Gasteiger charge is 2.23. The van der Waals surface area contributed by atoms with Gasteiger partial charge in [-0.05, 0) is 49.4 Å². The molecule has 0 bridgehead atoms. The summed E-state index contributed by atoms with van der Waals surface area (Å²) >= 11 is 0. The number of fused-ring (bicyclic) bond motifs is 2. The number of aromatic amines is 1. The summed E-state index contributed by atoms with van der Waals surface area (Å²) < 4.78 is 18.4. The molecule has 168 valence electrons. The molecular weight excluding hydrogens is 408 g/mol. The quantitative estimate of drug-likeness (QED) is 0.407. The van der Waals surface area contributed by atoms with Crippen LogP contribution in [0.25, 0.3) is 27.7 Å². The molecule has 1 fully saturated rings. The minimum atomic E-state index is 0.306. The lowest BCUT2D eigenvalue weighted by Crippen LogP contribution is -2.31. The second-order valence-corrected chi connectivity index (χ2v) is 8.08. The van der Waals surface area contributed by atoms with E-state index in [-0.39, 0.29) is 0 Å². The van der Waals surface area contributed by atoms with Crippen molar-refractivity contribution < 1.29 is 14.2 Å². The number of pyridine rings is 1. The molecule has 4 aromatic heterocycles. The first kappa shape index (κ1) is 20.7. The zero-order chi connectivity index (χ0) is 21.9. The van der Waals surface area contributed by atoms with Gasteiger partial charge < -0.3 is 24.5 Å². The van der Waals surface area contributed by atoms with Crippen LogP contribution in [-0.2, 0) is 9.47 Å². The molecule has 9 nitrogen and oxygen atoms in total. The topological polar surface area (TPSA) is 98.6 Å². The summed E-state index contributed by atoms with van der Waals surface area (Å²) in [7, 11) is 3.34. The number of anilines is 1. The predicted octanol–water partition coefficient (Wildman–Crippen LogP) is 3.67. The third-order valence-electron chi connectivity index (χ3n) is 6.05. The molecule has 4 aromatic rings. The maximum absolute atomic E-state index is 5.87. The third-order valence-corrected chi connectivity index (χ3v) is 6.05. The number of hydrogen-bond acceptors (Lipinski definition) is 7. The fourth-order valence-electron chi connectivity index (χ4n) is 4.38. The van der Waals surface area contributed by atoms with Crippen LogP contribution in [0.15, 0.2) is 36.8 Å². The van der Waals surface area contributed by atoms with Gasteiger partial charge in [-0.15, -0.1) is 0 Å². The SMILES string of the molecule is COCCO[C@H]1CC[C@@H](Nc2nc(OC)c3c(-c4ccn5nccc5c4)c[nH]c3n2)CC1. The first-order valence-electron chi connectivity index (χ1n) is 11.0. The molecular formula is C23H28N6O3. The van der Waals surface area contributed by atoms with Gasteiger partial charge in [0.05, 0.1) is 37.3 Å². The second-order valence-electron chi connectivity index (χ2n) is 8.08. The number of hydrogen-bond donors (Lipinski definition) is 2. The van der Waals surface area contributed by atoms with E-state index in [1.807, 2.05) is 29.0 Å². The third kappa shape index (κ3) is 4.13. The zero-order valence-electron chi connectivity index (χ0n) is 18.4. The van der Waals surface area contributed by atoms with Gasteiger partial charge in [0, 0.05) is 37.3 Å². The summed E-state index contributed by atoms with van der Waals surface area (Å²) in [6, 6.07) is 6.42. The minimum Gasteiger partial charge on any atom is -0.480 e. The largest absolute Gasteiger partial charge is 0.480 e. The average molecular weight is 437 g/mol. The average Bonchev–Trinajstić information content (AvgIpc) is 3.46. The molecule has 32 heavy (non-hydrogen) atoms. The van der Waals surface area contributed by atoms with Crippen LogP contribution in [0, 0.1) is 0 Å². The highest BCUT2D eigenvalue weighted by Crippen LogP contribution is 2.35. The molecule has 1 aliphatic rings. The van der Waals surface area contributed by atoms with Crippen LogP contribution < -0.4 is 10.1 Å². The van der Waals surface area contributed by atoms with Crippen LogP contribution in [0.1, 0.15) is 25.7 Å². The Morgan fingerprint density at radius 3 is 2.81 bits per heavy atom. The Morgan fingerprint density at radius 1 is 1.12 bits per heavy atom. The summed E-state index contributed by atoms with van der Waals surface area (Å²) in [4.78, 5) is 12.7. The van der Waals surface area contributed by atoms with Crippen molar-refractivity contribution in [1.82, 2.24) is 24.6 Å². The molecule has 0 radical (unpaired) electrons. The second kappa shape index (κ2) is 9.13. The van der Waals surface area contributed by atoms with Crippen LogP contribution in [-0.4, -0.2) is 64.1 Å². The van der Waals surface area contributed by atoms with Crippen molar-refractivity contribution in [1.29, 1.82) is 0 Å². The molecule has 1 saturated carbocycles. The number of aromatic nitrogens is 5. The fraction of sp³-hybridized carbons (Fsp3) is 0.435. The van der Waals surface area contributed by atoms with Gasteiger partial charge in [-0.2, -0.15) is 15.1 Å². The van der Waals surface area contributed by atoms with Crippen LogP contribution >= 0.6 is 0 Å². The molecule has 5 rings (SSSR count). The summed E-state index contributed by atoms with van der Waals surface area (Å²) in [5.74, 6) is 1.14. The maximum Gasteiger partial charge on any atom is 0.228 e. The van der Waals surface area contributed by atoms with Crippen molar-refractivity contribution in [3.8, 4) is 17.0 Å². The Hall–Kier alpha value is -3.17. The van der Waals surface area contributed by atoms with Crippen LogP contribution in [0.2, 0.25) is 0 Å². The lowest BCUT2D eigenvalue weighted by atomic mass is 9.93. The maximum atomic E-state index is 5.87. The van der Waals surface area contributed by atoms with Gasteiger partial charge in [-0.3, -0.25) is 0 Å². The van der Waals surface area contributed by atoms with Gasteiger partial charge in [0.15, 0.2) is 0 Å². The summed E-state index contributed by atoms with van der Waals surface area (Å²) in [6.07, 6.45) is 10.1. The number of methoxy groups -OCH3 is 2. The first-order valence-corrected chi connectivity index (χ1v) is 11.0. The smallest absolute Gasteiger partial charge is 0.228 e. The summed E-state index contributed by atoms with van der Waals surface area (Å²) in [5, 5.41) is 8.63. The van der Waals surface area contributed by atoms with Gasteiger partial charge in [-0.25, -0.2) is 4.52 Å². The molecule has 0 amide bonds. The molecule has 1 aliphatic carbocycles. The van der Waals surface area contributed by atoms with Gasteiger partial charge >= 0.3 is 0 Å². The van der Waals surface area contributed by atoms with E-state index in [1.54, 1.807) is 20.4 Å². The number of H-pyrrole nitrogens is 1. The van der Waals surface area contributed by atoms with Gasteiger partial charge in [0.2, 0.25) is 11.8 Å². The zero-order valence-corrected chi connectivity index (χ0v) is 18.4. The fourth-order valence-corrected chi connectivity index (χ4v) is 4.38. The molecule has 0 aromatic carbocycles. The van der Waals surface area contributed by atoms with Crippen LogP contribution in [0.5, 0.6) is 5.88 Å². The van der Waals surface area contributed by atoms with E-state index in [0.29, 0.717) is 37.2 Å². The molecule has 0 aliphatic heterocycles. The van der Waals surface area contributed by atoms with Crippen molar-refractivity contribution in [2.45, 2.75) is 37.8 Å². The number of rotatable bonds is 8. The monoisotopic (exact) mass is 436 g/mol. The van der Waals surface area contributed by atoms with Gasteiger partial charge in [0.25, 0.3) is 0 Å². The Morgan fingerprint density at radius 2 is 2.00 bits per heavy atom. The minimum absolute atomic E-state index is 0.306. The van der Waals surface area contributed by atoms with Crippen molar-refractivity contribution in [2.75, 3.05) is 32.8 Å². The number of nitrogens with zero attached hydrogens (tertiary/aromatic N) is 4. The van der Waals surface area contributed by atoms with Crippen molar-refractivity contribution >= 4 is 22.5 Å². The standard InChI is InChI=1S/C23H28N6O3/c1-30-11-12-32-18-5-3-16(4-6-18)26-23-27-21-20(22(28-23)31-2)19(14-24-21)15-8-10-29-17(13-15)7-9-25-29/h7-10,13-14,16,18H,3-6,11-12H2,1-2H3,(H2,24,26,27,28)/t16-,18+. The Bertz CT molecular complexity index is 1200. The normalized spacial score (nSPS) is 18.9. The first-order chi connectivity index (χ1) is 15.7. The Balaban J connectivity index is 1.34. The van der Waals surface area contributed by atoms with E-state index in [0.717, 1.165) is 53.4 Å². The molecule has 0 saturated heterocycles. The van der Waals surface area contributed by atoms with Crippen molar-refractivity contribution in [3.63, 3.8) is 0 Å². The van der Waals surface area contributed by atoms with E-state index in [4.69, 9.17) is 19.2 Å². The van der Waals surface area contributed by atoms with Crippen LogP contribution in [0.3, 0.4) is 0 Å². The van der Waals surface area contributed by atoms with E-state index >= 15 is 0 Å². The number of ether oxygens (including phenoxy) is 3. The highest BCUT2D eigenvalue weighted by molar-refractivity contribution is 5.98. The van der Waals surface area contributed by atoms with Crippen molar-refractivity contribution in [3.05, 3.63) is 36.8 Å². The van der Waals surface area contributed by atoms with Gasteiger partial charge in [0.1, 0.15) is 5.65 Å². The Labute approximate surface area is 186 Å². The number of nitrogens with one attached hydrogen (secondary N) is 2. The van der Waals surface area contributed by atoms with E-state index in [9.17, 15) is 0 Å². The highest BCUT2D eigenvalue weighted by atomic mass is 16.5. The summed E-state index contributed by atoms with van der Waals surface area (Å²) in [6.45, 7) is 1.29. The molecule has 4 heterocycles.